The molecule has 2 unspecified atom stereocenters. The highest BCUT2D eigenvalue weighted by molar-refractivity contribution is 8.01. The zero-order chi connectivity index (χ0) is 14.3. The van der Waals surface area contributed by atoms with Crippen LogP contribution >= 0.6 is 11.8 Å². The first kappa shape index (κ1) is 16.7. The fourth-order valence-corrected chi connectivity index (χ4v) is 6.28. The molecule has 1 aliphatic heterocycles. The zero-order valence-electron chi connectivity index (χ0n) is 14.0. The Hall–Kier alpha value is 0.350. The summed E-state index contributed by atoms with van der Waals surface area (Å²) in [5, 5.41) is 0.880. The molecule has 2 aliphatic rings. The van der Waals surface area contributed by atoms with Crippen LogP contribution in [0.25, 0.3) is 0 Å². The molecule has 0 N–H and O–H groups in total. The molecule has 0 amide bonds. The van der Waals surface area contributed by atoms with Crippen LogP contribution in [0.5, 0.6) is 0 Å². The molecular weight excluding hydrogens is 260 g/mol. The van der Waals surface area contributed by atoms with E-state index in [1.807, 2.05) is 0 Å². The first-order valence-electron chi connectivity index (χ1n) is 9.38. The summed E-state index contributed by atoms with van der Waals surface area (Å²) in [6.45, 7) is 5.12. The van der Waals surface area contributed by atoms with Gasteiger partial charge >= 0.3 is 0 Å². The van der Waals surface area contributed by atoms with Crippen LogP contribution in [0.3, 0.4) is 0 Å². The molecule has 0 aromatic heterocycles. The monoisotopic (exact) mass is 296 g/mol. The smallest absolute Gasteiger partial charge is 0.0162 e. The predicted molar refractivity (Wildman–Crippen MR) is 93.6 cm³/mol. The third kappa shape index (κ3) is 5.28. The summed E-state index contributed by atoms with van der Waals surface area (Å²) in [5.41, 5.74) is 0. The summed E-state index contributed by atoms with van der Waals surface area (Å²) in [5.74, 6) is 0.992. The highest BCUT2D eigenvalue weighted by atomic mass is 32.2. The van der Waals surface area contributed by atoms with E-state index < -0.39 is 0 Å². The molecule has 1 aliphatic carbocycles. The average Bonchev–Trinajstić information content (AvgIpc) is 2.60. The van der Waals surface area contributed by atoms with Gasteiger partial charge < -0.3 is 0 Å². The molecule has 0 radical (unpaired) electrons. The van der Waals surface area contributed by atoms with Crippen molar-refractivity contribution >= 4 is 11.8 Å². The number of thioether (sulfide) groups is 1. The van der Waals surface area contributed by atoms with Crippen molar-refractivity contribution in [3.63, 3.8) is 0 Å². The predicted octanol–water partition coefficient (Wildman–Crippen LogP) is 6.97. The molecule has 0 bridgehead atoms. The van der Waals surface area contributed by atoms with Gasteiger partial charge in [-0.15, -0.1) is 0 Å². The average molecular weight is 297 g/mol. The van der Waals surface area contributed by atoms with Crippen molar-refractivity contribution in [2.24, 2.45) is 5.92 Å². The summed E-state index contributed by atoms with van der Waals surface area (Å²) in [6, 6.07) is 0. The van der Waals surface area contributed by atoms with Gasteiger partial charge in [-0.2, -0.15) is 11.8 Å². The Bertz CT molecular complexity index is 252. The van der Waals surface area contributed by atoms with Crippen molar-refractivity contribution < 1.29 is 0 Å². The standard InChI is InChI=1S/C19H36S/c1-17-13-9-7-8-12-16-19(2,20-17)18-14-10-5-3-4-6-11-15-18/h17-18H,3-16H2,1-2H3. The number of hydrogen-bond donors (Lipinski definition) is 0. The van der Waals surface area contributed by atoms with Gasteiger partial charge in [0.1, 0.15) is 0 Å². The first-order chi connectivity index (χ1) is 9.71. The van der Waals surface area contributed by atoms with Crippen LogP contribution in [0, 0.1) is 5.92 Å². The van der Waals surface area contributed by atoms with E-state index in [0.717, 1.165) is 11.2 Å². The fourth-order valence-electron chi connectivity index (χ4n) is 4.38. The van der Waals surface area contributed by atoms with Gasteiger partial charge in [-0.05, 0) is 31.6 Å². The van der Waals surface area contributed by atoms with Gasteiger partial charge in [0.25, 0.3) is 0 Å². The molecule has 0 spiro atoms. The molecular formula is C19H36S. The SMILES string of the molecule is CC1CCCCCCC(C)(C2CCCCCCCC2)S1. The van der Waals surface area contributed by atoms with Crippen LogP contribution in [0.2, 0.25) is 0 Å². The Balaban J connectivity index is 2.01. The van der Waals surface area contributed by atoms with Gasteiger partial charge in [0, 0.05) is 10.00 Å². The van der Waals surface area contributed by atoms with Crippen molar-refractivity contribution in [1.29, 1.82) is 0 Å². The lowest BCUT2D eigenvalue weighted by Gasteiger charge is -2.39. The van der Waals surface area contributed by atoms with Gasteiger partial charge in [-0.3, -0.25) is 0 Å². The van der Waals surface area contributed by atoms with Crippen molar-refractivity contribution in [3.05, 3.63) is 0 Å². The first-order valence-corrected chi connectivity index (χ1v) is 10.3. The highest BCUT2D eigenvalue weighted by Gasteiger charge is 2.35. The Morgan fingerprint density at radius 1 is 0.700 bits per heavy atom. The third-order valence-corrected chi connectivity index (χ3v) is 7.44. The van der Waals surface area contributed by atoms with Crippen molar-refractivity contribution in [3.8, 4) is 0 Å². The Morgan fingerprint density at radius 2 is 1.20 bits per heavy atom. The van der Waals surface area contributed by atoms with E-state index in [-0.39, 0.29) is 0 Å². The largest absolute Gasteiger partial charge is 0.152 e. The molecule has 2 rings (SSSR count). The Kier molecular flexibility index (Phi) is 7.28. The van der Waals surface area contributed by atoms with Gasteiger partial charge in [-0.25, -0.2) is 0 Å². The molecule has 1 heteroatoms. The van der Waals surface area contributed by atoms with Gasteiger partial charge in [-0.1, -0.05) is 78.1 Å². The molecule has 2 fully saturated rings. The number of rotatable bonds is 1. The lowest BCUT2D eigenvalue weighted by molar-refractivity contribution is 0.315. The Labute approximate surface area is 131 Å². The zero-order valence-corrected chi connectivity index (χ0v) is 14.8. The highest BCUT2D eigenvalue weighted by Crippen LogP contribution is 2.46. The summed E-state index contributed by atoms with van der Waals surface area (Å²) < 4.78 is 0.577. The second kappa shape index (κ2) is 8.71. The van der Waals surface area contributed by atoms with E-state index in [1.165, 1.54) is 89.9 Å². The minimum atomic E-state index is 0.577. The molecule has 1 saturated heterocycles. The molecule has 0 nitrogen and oxygen atoms in total. The minimum Gasteiger partial charge on any atom is -0.152 e. The molecule has 0 aromatic carbocycles. The summed E-state index contributed by atoms with van der Waals surface area (Å²) in [6.07, 6.45) is 20.8. The van der Waals surface area contributed by atoms with Crippen molar-refractivity contribution in [1.82, 2.24) is 0 Å². The summed E-state index contributed by atoms with van der Waals surface area (Å²) in [7, 11) is 0. The molecule has 0 aromatic rings. The second-order valence-electron chi connectivity index (χ2n) is 7.59. The molecule has 1 saturated carbocycles. The maximum Gasteiger partial charge on any atom is 0.0162 e. The van der Waals surface area contributed by atoms with E-state index in [1.54, 1.807) is 0 Å². The summed E-state index contributed by atoms with van der Waals surface area (Å²) in [4.78, 5) is 0. The van der Waals surface area contributed by atoms with E-state index in [0.29, 0.717) is 4.75 Å². The maximum atomic E-state index is 2.63. The van der Waals surface area contributed by atoms with Crippen molar-refractivity contribution in [2.45, 2.75) is 114 Å². The molecule has 20 heavy (non-hydrogen) atoms. The lowest BCUT2D eigenvalue weighted by atomic mass is 9.81. The van der Waals surface area contributed by atoms with E-state index in [9.17, 15) is 0 Å². The number of hydrogen-bond acceptors (Lipinski definition) is 1. The van der Waals surface area contributed by atoms with Gasteiger partial charge in [0.15, 0.2) is 0 Å². The Morgan fingerprint density at radius 3 is 1.85 bits per heavy atom. The van der Waals surface area contributed by atoms with Crippen LogP contribution in [0.4, 0.5) is 0 Å². The summed E-state index contributed by atoms with van der Waals surface area (Å²) >= 11 is 2.37. The van der Waals surface area contributed by atoms with E-state index >= 15 is 0 Å². The van der Waals surface area contributed by atoms with E-state index in [2.05, 4.69) is 25.6 Å². The normalized spacial score (nSPS) is 36.0. The fraction of sp³-hybridized carbons (Fsp3) is 1.00. The van der Waals surface area contributed by atoms with Crippen LogP contribution in [0.1, 0.15) is 104 Å². The van der Waals surface area contributed by atoms with Gasteiger partial charge in [0.05, 0.1) is 0 Å². The second-order valence-corrected chi connectivity index (χ2v) is 9.56. The van der Waals surface area contributed by atoms with E-state index in [4.69, 9.17) is 0 Å². The van der Waals surface area contributed by atoms with Crippen LogP contribution in [0.15, 0.2) is 0 Å². The molecule has 1 heterocycles. The molecule has 2 atom stereocenters. The van der Waals surface area contributed by atoms with Crippen LogP contribution in [-0.2, 0) is 0 Å². The van der Waals surface area contributed by atoms with Crippen LogP contribution in [-0.4, -0.2) is 10.00 Å². The third-order valence-electron chi connectivity index (χ3n) is 5.72. The quantitative estimate of drug-likeness (QED) is 0.503. The minimum absolute atomic E-state index is 0.577. The topological polar surface area (TPSA) is 0 Å². The molecule has 118 valence electrons. The lowest BCUT2D eigenvalue weighted by Crippen LogP contribution is -2.33. The van der Waals surface area contributed by atoms with Crippen molar-refractivity contribution in [2.75, 3.05) is 0 Å². The van der Waals surface area contributed by atoms with Crippen LogP contribution < -0.4 is 0 Å². The van der Waals surface area contributed by atoms with Gasteiger partial charge in [0.2, 0.25) is 0 Å². The maximum absolute atomic E-state index is 2.63.